The molecule has 0 aromatic heterocycles. The highest BCUT2D eigenvalue weighted by Crippen LogP contribution is 2.24. The van der Waals surface area contributed by atoms with Crippen LogP contribution in [0.1, 0.15) is 31.7 Å². The van der Waals surface area contributed by atoms with Crippen LogP contribution in [0.5, 0.6) is 5.75 Å². The zero-order chi connectivity index (χ0) is 18.2. The van der Waals surface area contributed by atoms with Crippen LogP contribution in [0.25, 0.3) is 0 Å². The molecule has 1 heterocycles. The fourth-order valence-corrected chi connectivity index (χ4v) is 3.06. The summed E-state index contributed by atoms with van der Waals surface area (Å²) in [7, 11) is 0. The van der Waals surface area contributed by atoms with E-state index in [2.05, 4.69) is 5.32 Å². The zero-order valence-electron chi connectivity index (χ0n) is 14.9. The van der Waals surface area contributed by atoms with Crippen LogP contribution in [0.4, 0.5) is 0 Å². The first-order valence-corrected chi connectivity index (χ1v) is 8.83. The van der Waals surface area contributed by atoms with Crippen molar-refractivity contribution in [1.82, 2.24) is 5.32 Å². The van der Waals surface area contributed by atoms with Gasteiger partial charge < -0.3 is 19.9 Å². The molecule has 2 rings (SSSR count). The molecule has 2 atom stereocenters. The van der Waals surface area contributed by atoms with E-state index in [1.54, 1.807) is 0 Å². The van der Waals surface area contributed by atoms with E-state index in [-0.39, 0.29) is 18.4 Å². The van der Waals surface area contributed by atoms with Crippen LogP contribution in [0.2, 0.25) is 0 Å². The van der Waals surface area contributed by atoms with E-state index in [1.165, 1.54) is 0 Å². The molecule has 0 bridgehead atoms. The van der Waals surface area contributed by atoms with Crippen LogP contribution in [0.15, 0.2) is 24.3 Å². The molecule has 1 aliphatic heterocycles. The third-order valence-electron chi connectivity index (χ3n) is 4.67. The molecule has 25 heavy (non-hydrogen) atoms. The number of aliphatic carboxylic acids is 1. The molecule has 1 amide bonds. The Morgan fingerprint density at radius 2 is 2.00 bits per heavy atom. The van der Waals surface area contributed by atoms with E-state index in [9.17, 15) is 14.7 Å². The van der Waals surface area contributed by atoms with E-state index in [4.69, 9.17) is 9.47 Å². The Morgan fingerprint density at radius 3 is 2.60 bits per heavy atom. The number of hydrogen-bond donors (Lipinski definition) is 2. The van der Waals surface area contributed by atoms with Gasteiger partial charge in [0.05, 0.1) is 5.92 Å². The Morgan fingerprint density at radius 1 is 1.32 bits per heavy atom. The lowest BCUT2D eigenvalue weighted by Crippen LogP contribution is -2.44. The molecule has 1 aliphatic rings. The van der Waals surface area contributed by atoms with Gasteiger partial charge in [0.2, 0.25) is 0 Å². The maximum atomic E-state index is 12.4. The van der Waals surface area contributed by atoms with E-state index >= 15 is 0 Å². The van der Waals surface area contributed by atoms with Crippen molar-refractivity contribution in [3.05, 3.63) is 29.8 Å². The fourth-order valence-electron chi connectivity index (χ4n) is 3.06. The van der Waals surface area contributed by atoms with Crippen molar-refractivity contribution in [1.29, 1.82) is 0 Å². The molecule has 0 aliphatic carbocycles. The maximum absolute atomic E-state index is 12.4. The van der Waals surface area contributed by atoms with Gasteiger partial charge in [-0.3, -0.25) is 9.59 Å². The van der Waals surface area contributed by atoms with Crippen molar-refractivity contribution in [2.75, 3.05) is 19.8 Å². The number of carboxylic acid groups (broad SMARTS) is 1. The van der Waals surface area contributed by atoms with E-state index in [0.717, 1.165) is 5.56 Å². The Kier molecular flexibility index (Phi) is 7.25. The van der Waals surface area contributed by atoms with E-state index < -0.39 is 18.0 Å². The molecule has 6 nitrogen and oxygen atoms in total. The molecule has 1 aromatic carbocycles. The van der Waals surface area contributed by atoms with Crippen molar-refractivity contribution >= 4 is 11.9 Å². The van der Waals surface area contributed by atoms with Crippen molar-refractivity contribution < 1.29 is 24.2 Å². The van der Waals surface area contributed by atoms with Gasteiger partial charge >= 0.3 is 5.97 Å². The predicted molar refractivity (Wildman–Crippen MR) is 93.6 cm³/mol. The summed E-state index contributed by atoms with van der Waals surface area (Å²) < 4.78 is 11.1. The zero-order valence-corrected chi connectivity index (χ0v) is 14.9. The fraction of sp³-hybridized carbons (Fsp3) is 0.579. The van der Waals surface area contributed by atoms with Crippen molar-refractivity contribution in [3.8, 4) is 5.75 Å². The second-order valence-corrected chi connectivity index (χ2v) is 6.42. The number of amides is 1. The molecule has 2 N–H and O–H groups in total. The van der Waals surface area contributed by atoms with Gasteiger partial charge in [0, 0.05) is 19.8 Å². The first-order chi connectivity index (χ1) is 12.0. The standard InChI is InChI=1S/C19H27NO5/c1-3-16(25-17-7-5-4-6-13(17)2)18(21)20-12-15(19(22)23)14-8-10-24-11-9-14/h4-7,14-16H,3,8-12H2,1-2H3,(H,20,21)(H,22,23). The summed E-state index contributed by atoms with van der Waals surface area (Å²) in [5.74, 6) is -1.04. The summed E-state index contributed by atoms with van der Waals surface area (Å²) in [6.45, 7) is 5.07. The van der Waals surface area contributed by atoms with Crippen LogP contribution in [-0.2, 0) is 14.3 Å². The molecule has 6 heteroatoms. The van der Waals surface area contributed by atoms with Gasteiger partial charge in [-0.05, 0) is 43.7 Å². The first kappa shape index (κ1) is 19.2. The molecule has 0 saturated carbocycles. The highest BCUT2D eigenvalue weighted by Gasteiger charge is 2.31. The second kappa shape index (κ2) is 9.42. The molecular formula is C19H27NO5. The van der Waals surface area contributed by atoms with Crippen LogP contribution >= 0.6 is 0 Å². The summed E-state index contributed by atoms with van der Waals surface area (Å²) in [6, 6.07) is 7.52. The van der Waals surface area contributed by atoms with Crippen molar-refractivity contribution in [3.63, 3.8) is 0 Å². The topological polar surface area (TPSA) is 84.9 Å². The molecule has 1 aromatic rings. The number of aryl methyl sites for hydroxylation is 1. The van der Waals surface area contributed by atoms with Gasteiger partial charge in [-0.15, -0.1) is 0 Å². The van der Waals surface area contributed by atoms with Gasteiger partial charge in [0.25, 0.3) is 5.91 Å². The molecule has 0 radical (unpaired) electrons. The van der Waals surface area contributed by atoms with E-state index in [1.807, 2.05) is 38.1 Å². The van der Waals surface area contributed by atoms with Crippen LogP contribution in [-0.4, -0.2) is 42.8 Å². The minimum atomic E-state index is -0.875. The lowest BCUT2D eigenvalue weighted by atomic mass is 9.86. The average molecular weight is 349 g/mol. The molecule has 1 fully saturated rings. The number of carboxylic acids is 1. The van der Waals surface area contributed by atoms with Crippen molar-refractivity contribution in [2.24, 2.45) is 11.8 Å². The van der Waals surface area contributed by atoms with Crippen LogP contribution < -0.4 is 10.1 Å². The Hall–Kier alpha value is -2.08. The molecule has 1 saturated heterocycles. The minimum absolute atomic E-state index is 0.0314. The van der Waals surface area contributed by atoms with Gasteiger partial charge in [-0.25, -0.2) is 0 Å². The second-order valence-electron chi connectivity index (χ2n) is 6.42. The molecule has 0 spiro atoms. The van der Waals surface area contributed by atoms with Crippen molar-refractivity contribution in [2.45, 2.75) is 39.2 Å². The highest BCUT2D eigenvalue weighted by molar-refractivity contribution is 5.82. The third kappa shape index (κ3) is 5.46. The summed E-state index contributed by atoms with van der Waals surface area (Å²) in [6.07, 6.45) is 1.30. The average Bonchev–Trinajstić information content (AvgIpc) is 2.61. The monoisotopic (exact) mass is 349 g/mol. The highest BCUT2D eigenvalue weighted by atomic mass is 16.5. The number of nitrogens with one attached hydrogen (secondary N) is 1. The number of para-hydroxylation sites is 1. The first-order valence-electron chi connectivity index (χ1n) is 8.83. The van der Waals surface area contributed by atoms with E-state index in [0.29, 0.717) is 38.2 Å². The Labute approximate surface area is 148 Å². The number of hydrogen-bond acceptors (Lipinski definition) is 4. The normalized spacial score (nSPS) is 17.5. The minimum Gasteiger partial charge on any atom is -0.481 e. The summed E-state index contributed by atoms with van der Waals surface area (Å²) in [4.78, 5) is 24.0. The Balaban J connectivity index is 1.93. The quantitative estimate of drug-likeness (QED) is 0.753. The largest absolute Gasteiger partial charge is 0.481 e. The smallest absolute Gasteiger partial charge is 0.308 e. The number of ether oxygens (including phenoxy) is 2. The molecule has 138 valence electrons. The third-order valence-corrected chi connectivity index (χ3v) is 4.67. The SMILES string of the molecule is CCC(Oc1ccccc1C)C(=O)NCC(C(=O)O)C1CCOCC1. The van der Waals surface area contributed by atoms with Gasteiger partial charge in [0.15, 0.2) is 6.10 Å². The van der Waals surface area contributed by atoms with Crippen LogP contribution in [0.3, 0.4) is 0 Å². The maximum Gasteiger partial charge on any atom is 0.308 e. The van der Waals surface area contributed by atoms with Gasteiger partial charge in [-0.2, -0.15) is 0 Å². The van der Waals surface area contributed by atoms with Gasteiger partial charge in [0.1, 0.15) is 5.75 Å². The van der Waals surface area contributed by atoms with Crippen LogP contribution in [0, 0.1) is 18.8 Å². The molecular weight excluding hydrogens is 322 g/mol. The lowest BCUT2D eigenvalue weighted by molar-refractivity contribution is -0.145. The number of benzene rings is 1. The summed E-state index contributed by atoms with van der Waals surface area (Å²) in [5, 5.41) is 12.2. The predicted octanol–water partition coefficient (Wildman–Crippen LogP) is 2.40. The molecule has 2 unspecified atom stereocenters. The summed E-state index contributed by atoms with van der Waals surface area (Å²) in [5.41, 5.74) is 0.958. The summed E-state index contributed by atoms with van der Waals surface area (Å²) >= 11 is 0. The Bertz CT molecular complexity index is 583. The van der Waals surface area contributed by atoms with Gasteiger partial charge in [-0.1, -0.05) is 25.1 Å². The lowest BCUT2D eigenvalue weighted by Gasteiger charge is -2.28. The number of rotatable bonds is 8. The number of carbonyl (C=O) groups is 2. The number of carbonyl (C=O) groups excluding carboxylic acids is 1.